The van der Waals surface area contributed by atoms with Crippen molar-refractivity contribution in [2.24, 2.45) is 0 Å². The van der Waals surface area contributed by atoms with Crippen LogP contribution < -0.4 is 10.5 Å². The Balaban J connectivity index is 2.04. The van der Waals surface area contributed by atoms with E-state index in [1.807, 2.05) is 12.1 Å². The zero-order valence-corrected chi connectivity index (χ0v) is 11.3. The van der Waals surface area contributed by atoms with Crippen LogP contribution in [-0.2, 0) is 0 Å². The number of hydrogen-bond acceptors (Lipinski definition) is 4. The fourth-order valence-corrected chi connectivity index (χ4v) is 2.05. The molecule has 6 heteroatoms. The first-order valence-electron chi connectivity index (χ1n) is 6.28. The van der Waals surface area contributed by atoms with Crippen LogP contribution in [0.3, 0.4) is 0 Å². The number of hydrogen-bond donors (Lipinski definition) is 1. The van der Waals surface area contributed by atoms with Gasteiger partial charge in [0, 0.05) is 18.0 Å². The Bertz CT molecular complexity index is 771. The average molecular weight is 284 g/mol. The Hall–Kier alpha value is -2.89. The summed E-state index contributed by atoms with van der Waals surface area (Å²) in [5, 5.41) is 4.40. The summed E-state index contributed by atoms with van der Waals surface area (Å²) in [6.07, 6.45) is 5.02. The lowest BCUT2D eigenvalue weighted by Gasteiger charge is -2.04. The molecule has 0 spiro atoms. The van der Waals surface area contributed by atoms with Crippen molar-refractivity contribution in [1.82, 2.24) is 14.8 Å². The number of aromatic nitrogens is 3. The van der Waals surface area contributed by atoms with Gasteiger partial charge in [-0.25, -0.2) is 9.07 Å². The number of nitrogen functional groups attached to an aromatic ring is 1. The van der Waals surface area contributed by atoms with Crippen LogP contribution in [0, 0.1) is 5.82 Å². The van der Waals surface area contributed by atoms with Crippen molar-refractivity contribution in [3.63, 3.8) is 0 Å². The Morgan fingerprint density at radius 1 is 1.19 bits per heavy atom. The molecule has 5 nitrogen and oxygen atoms in total. The fraction of sp³-hybridized carbons (Fsp3) is 0.0667. The number of nitrogens with two attached hydrogens (primary N) is 1. The SMILES string of the molecule is COc1ccc(-c2nn(-c3ccncc3)cc2N)cc1F. The van der Waals surface area contributed by atoms with Crippen LogP contribution in [0.15, 0.2) is 48.9 Å². The second kappa shape index (κ2) is 5.24. The molecule has 0 saturated heterocycles. The van der Waals surface area contributed by atoms with Crippen molar-refractivity contribution < 1.29 is 9.13 Å². The molecule has 3 rings (SSSR count). The van der Waals surface area contributed by atoms with E-state index in [0.717, 1.165) is 5.69 Å². The summed E-state index contributed by atoms with van der Waals surface area (Å²) in [5.74, 6) is -0.265. The molecule has 0 aliphatic carbocycles. The van der Waals surface area contributed by atoms with Crippen LogP contribution in [0.25, 0.3) is 16.9 Å². The van der Waals surface area contributed by atoms with Gasteiger partial charge in [-0.05, 0) is 30.3 Å². The minimum absolute atomic E-state index is 0.186. The maximum atomic E-state index is 13.8. The second-order valence-corrected chi connectivity index (χ2v) is 4.43. The monoisotopic (exact) mass is 284 g/mol. The molecule has 2 aromatic heterocycles. The summed E-state index contributed by atoms with van der Waals surface area (Å²) in [5.41, 5.74) is 8.40. The molecule has 0 aliphatic heterocycles. The number of ether oxygens (including phenoxy) is 1. The Kier molecular flexibility index (Phi) is 3.27. The molecule has 1 aromatic carbocycles. The van der Waals surface area contributed by atoms with Crippen molar-refractivity contribution in [1.29, 1.82) is 0 Å². The highest BCUT2D eigenvalue weighted by molar-refractivity contribution is 5.73. The smallest absolute Gasteiger partial charge is 0.165 e. The maximum absolute atomic E-state index is 13.8. The van der Waals surface area contributed by atoms with Crippen molar-refractivity contribution in [3.8, 4) is 22.7 Å². The lowest BCUT2D eigenvalue weighted by Crippen LogP contribution is -1.95. The van der Waals surface area contributed by atoms with Gasteiger partial charge in [-0.15, -0.1) is 0 Å². The summed E-state index contributed by atoms with van der Waals surface area (Å²) in [6.45, 7) is 0. The van der Waals surface area contributed by atoms with Crippen molar-refractivity contribution in [2.75, 3.05) is 12.8 Å². The molecule has 106 valence electrons. The van der Waals surface area contributed by atoms with E-state index >= 15 is 0 Å². The minimum Gasteiger partial charge on any atom is -0.494 e. The van der Waals surface area contributed by atoms with E-state index in [-0.39, 0.29) is 5.75 Å². The van der Waals surface area contributed by atoms with E-state index in [4.69, 9.17) is 10.5 Å². The highest BCUT2D eigenvalue weighted by atomic mass is 19.1. The third-order valence-electron chi connectivity index (χ3n) is 3.10. The topological polar surface area (TPSA) is 66.0 Å². The van der Waals surface area contributed by atoms with Gasteiger partial charge < -0.3 is 10.5 Å². The molecule has 0 amide bonds. The average Bonchev–Trinajstić information content (AvgIpc) is 2.90. The molecule has 0 unspecified atom stereocenters. The Morgan fingerprint density at radius 2 is 1.95 bits per heavy atom. The quantitative estimate of drug-likeness (QED) is 0.803. The number of pyridine rings is 1. The molecule has 2 N–H and O–H groups in total. The van der Waals surface area contributed by atoms with E-state index in [1.54, 1.807) is 35.4 Å². The van der Waals surface area contributed by atoms with E-state index < -0.39 is 5.82 Å². The summed E-state index contributed by atoms with van der Waals surface area (Å²) < 4.78 is 20.3. The lowest BCUT2D eigenvalue weighted by molar-refractivity contribution is 0.386. The van der Waals surface area contributed by atoms with Gasteiger partial charge >= 0.3 is 0 Å². The number of rotatable bonds is 3. The summed E-state index contributed by atoms with van der Waals surface area (Å²) >= 11 is 0. The molecule has 0 bridgehead atoms. The number of benzene rings is 1. The molecule has 0 radical (unpaired) electrons. The number of halogens is 1. The number of methoxy groups -OCH3 is 1. The summed E-state index contributed by atoms with van der Waals surface area (Å²) in [7, 11) is 1.42. The first kappa shape index (κ1) is 13.1. The predicted octanol–water partition coefficient (Wildman–Crippen LogP) is 2.66. The molecule has 0 aliphatic rings. The molecule has 3 aromatic rings. The zero-order valence-electron chi connectivity index (χ0n) is 11.3. The van der Waals surface area contributed by atoms with Crippen molar-refractivity contribution in [3.05, 3.63) is 54.7 Å². The summed E-state index contributed by atoms with van der Waals surface area (Å²) in [4.78, 5) is 3.95. The Morgan fingerprint density at radius 3 is 2.62 bits per heavy atom. The maximum Gasteiger partial charge on any atom is 0.165 e. The van der Waals surface area contributed by atoms with E-state index in [2.05, 4.69) is 10.1 Å². The van der Waals surface area contributed by atoms with Gasteiger partial charge in [-0.2, -0.15) is 5.10 Å². The largest absolute Gasteiger partial charge is 0.494 e. The third-order valence-corrected chi connectivity index (χ3v) is 3.10. The molecular formula is C15H13FN4O. The fourth-order valence-electron chi connectivity index (χ4n) is 2.05. The molecule has 0 saturated carbocycles. The van der Waals surface area contributed by atoms with Gasteiger partial charge in [0.05, 0.1) is 24.7 Å². The van der Waals surface area contributed by atoms with E-state index in [9.17, 15) is 4.39 Å². The predicted molar refractivity (Wildman–Crippen MR) is 77.7 cm³/mol. The number of nitrogens with zero attached hydrogens (tertiary/aromatic N) is 3. The van der Waals surface area contributed by atoms with Gasteiger partial charge in [0.1, 0.15) is 5.69 Å². The van der Waals surface area contributed by atoms with Gasteiger partial charge in [0.2, 0.25) is 0 Å². The van der Waals surface area contributed by atoms with Crippen LogP contribution in [0.2, 0.25) is 0 Å². The Labute approximate surface area is 120 Å². The minimum atomic E-state index is -0.451. The second-order valence-electron chi connectivity index (χ2n) is 4.43. The third kappa shape index (κ3) is 2.43. The zero-order chi connectivity index (χ0) is 14.8. The first-order valence-corrected chi connectivity index (χ1v) is 6.28. The van der Waals surface area contributed by atoms with Gasteiger partial charge in [0.15, 0.2) is 11.6 Å². The van der Waals surface area contributed by atoms with Crippen LogP contribution in [0.4, 0.5) is 10.1 Å². The normalized spacial score (nSPS) is 10.6. The van der Waals surface area contributed by atoms with Crippen LogP contribution in [0.1, 0.15) is 0 Å². The van der Waals surface area contributed by atoms with Crippen molar-refractivity contribution in [2.45, 2.75) is 0 Å². The van der Waals surface area contributed by atoms with Gasteiger partial charge in [0.25, 0.3) is 0 Å². The molecule has 0 atom stereocenters. The highest BCUT2D eigenvalue weighted by Gasteiger charge is 2.12. The molecule has 0 fully saturated rings. The van der Waals surface area contributed by atoms with Gasteiger partial charge in [-0.3, -0.25) is 4.98 Å². The molecular weight excluding hydrogens is 271 g/mol. The van der Waals surface area contributed by atoms with Gasteiger partial charge in [-0.1, -0.05) is 0 Å². The molecule has 21 heavy (non-hydrogen) atoms. The molecule has 2 heterocycles. The van der Waals surface area contributed by atoms with Crippen molar-refractivity contribution >= 4 is 5.69 Å². The number of anilines is 1. The van der Waals surface area contributed by atoms with Crippen LogP contribution in [0.5, 0.6) is 5.75 Å². The first-order chi connectivity index (χ1) is 10.2. The van der Waals surface area contributed by atoms with Crippen LogP contribution in [-0.4, -0.2) is 21.9 Å². The highest BCUT2D eigenvalue weighted by Crippen LogP contribution is 2.28. The standard InChI is InChI=1S/C15H13FN4O/c1-21-14-3-2-10(8-12(14)16)15-13(17)9-20(19-15)11-4-6-18-7-5-11/h2-9H,17H2,1H3. The van der Waals surface area contributed by atoms with E-state index in [0.29, 0.717) is 16.9 Å². The lowest BCUT2D eigenvalue weighted by atomic mass is 10.1. The van der Waals surface area contributed by atoms with E-state index in [1.165, 1.54) is 13.2 Å². The summed E-state index contributed by atoms with van der Waals surface area (Å²) in [6, 6.07) is 8.25. The van der Waals surface area contributed by atoms with Crippen LogP contribution >= 0.6 is 0 Å².